The maximum absolute atomic E-state index is 6.08. The standard InChI is InChI=1S/C11H21N3/c1-6-11(4,5)9-10(12)14(7-2)8(3)13-9/h6-7,12H2,1-5H3. The summed E-state index contributed by atoms with van der Waals surface area (Å²) in [4.78, 5) is 4.56. The van der Waals surface area contributed by atoms with Gasteiger partial charge < -0.3 is 10.3 Å². The lowest BCUT2D eigenvalue weighted by Crippen LogP contribution is -2.18. The lowest BCUT2D eigenvalue weighted by Gasteiger charge is -2.20. The maximum Gasteiger partial charge on any atom is 0.127 e. The summed E-state index contributed by atoms with van der Waals surface area (Å²) in [5, 5.41) is 0. The number of nitrogen functional groups attached to an aromatic ring is 1. The number of rotatable bonds is 3. The number of hydrogen-bond donors (Lipinski definition) is 1. The van der Waals surface area contributed by atoms with Crippen molar-refractivity contribution in [3.63, 3.8) is 0 Å². The Morgan fingerprint density at radius 3 is 2.29 bits per heavy atom. The summed E-state index contributed by atoms with van der Waals surface area (Å²) in [5.41, 5.74) is 7.20. The fourth-order valence-corrected chi connectivity index (χ4v) is 1.65. The Morgan fingerprint density at radius 2 is 1.93 bits per heavy atom. The molecule has 0 bridgehead atoms. The second-order valence-corrected chi connectivity index (χ2v) is 4.37. The highest BCUT2D eigenvalue weighted by Gasteiger charge is 2.25. The van der Waals surface area contributed by atoms with Gasteiger partial charge in [0.25, 0.3) is 0 Å². The Balaban J connectivity index is 3.24. The molecule has 1 aromatic heterocycles. The minimum Gasteiger partial charge on any atom is -0.384 e. The minimum absolute atomic E-state index is 0.0786. The average molecular weight is 195 g/mol. The highest BCUT2D eigenvalue weighted by atomic mass is 15.1. The molecule has 0 saturated heterocycles. The van der Waals surface area contributed by atoms with Crippen LogP contribution in [-0.2, 0) is 12.0 Å². The normalized spacial score (nSPS) is 12.1. The third-order valence-electron chi connectivity index (χ3n) is 3.04. The molecule has 0 aromatic carbocycles. The molecule has 80 valence electrons. The summed E-state index contributed by atoms with van der Waals surface area (Å²) in [7, 11) is 0. The fourth-order valence-electron chi connectivity index (χ4n) is 1.65. The van der Waals surface area contributed by atoms with Crippen molar-refractivity contribution < 1.29 is 0 Å². The van der Waals surface area contributed by atoms with Gasteiger partial charge in [-0.1, -0.05) is 20.8 Å². The first-order chi connectivity index (χ1) is 6.44. The lowest BCUT2D eigenvalue weighted by atomic mass is 9.86. The van der Waals surface area contributed by atoms with Crippen LogP contribution in [0.1, 0.15) is 45.6 Å². The van der Waals surface area contributed by atoms with E-state index in [9.17, 15) is 0 Å². The molecule has 0 aliphatic heterocycles. The van der Waals surface area contributed by atoms with Crippen LogP contribution in [0.5, 0.6) is 0 Å². The predicted octanol–water partition coefficient (Wildman–Crippen LogP) is 2.48. The van der Waals surface area contributed by atoms with E-state index in [-0.39, 0.29) is 5.41 Å². The molecular formula is C11H21N3. The van der Waals surface area contributed by atoms with E-state index in [4.69, 9.17) is 5.73 Å². The van der Waals surface area contributed by atoms with E-state index in [0.29, 0.717) is 0 Å². The number of nitrogens with zero attached hydrogens (tertiary/aromatic N) is 2. The molecule has 0 amide bonds. The molecule has 14 heavy (non-hydrogen) atoms. The van der Waals surface area contributed by atoms with Gasteiger partial charge in [-0.2, -0.15) is 0 Å². The molecule has 0 atom stereocenters. The summed E-state index contributed by atoms with van der Waals surface area (Å²) in [6.07, 6.45) is 1.05. The number of anilines is 1. The highest BCUT2D eigenvalue weighted by molar-refractivity contribution is 5.42. The largest absolute Gasteiger partial charge is 0.384 e. The van der Waals surface area contributed by atoms with Crippen molar-refractivity contribution in [2.75, 3.05) is 5.73 Å². The smallest absolute Gasteiger partial charge is 0.127 e. The molecule has 1 aromatic rings. The monoisotopic (exact) mass is 195 g/mol. The van der Waals surface area contributed by atoms with Crippen LogP contribution in [0.15, 0.2) is 0 Å². The Labute approximate surface area is 86.3 Å². The molecule has 1 heterocycles. The first-order valence-electron chi connectivity index (χ1n) is 5.27. The van der Waals surface area contributed by atoms with Gasteiger partial charge in [0.15, 0.2) is 0 Å². The van der Waals surface area contributed by atoms with E-state index < -0.39 is 0 Å². The Hall–Kier alpha value is -0.990. The Morgan fingerprint density at radius 1 is 1.36 bits per heavy atom. The summed E-state index contributed by atoms with van der Waals surface area (Å²) in [6.45, 7) is 11.5. The van der Waals surface area contributed by atoms with Gasteiger partial charge in [-0.15, -0.1) is 0 Å². The van der Waals surface area contributed by atoms with Crippen LogP contribution >= 0.6 is 0 Å². The second-order valence-electron chi connectivity index (χ2n) is 4.37. The third-order valence-corrected chi connectivity index (χ3v) is 3.04. The van der Waals surface area contributed by atoms with E-state index in [1.807, 2.05) is 6.92 Å². The fraction of sp³-hybridized carbons (Fsp3) is 0.727. The summed E-state index contributed by atoms with van der Waals surface area (Å²) in [6, 6.07) is 0. The van der Waals surface area contributed by atoms with Crippen molar-refractivity contribution in [1.82, 2.24) is 9.55 Å². The molecule has 0 aliphatic carbocycles. The van der Waals surface area contributed by atoms with Crippen LogP contribution in [-0.4, -0.2) is 9.55 Å². The topological polar surface area (TPSA) is 43.8 Å². The van der Waals surface area contributed by atoms with Gasteiger partial charge in [0.1, 0.15) is 11.6 Å². The SMILES string of the molecule is CCn1c(C)nc(C(C)(C)CC)c1N. The quantitative estimate of drug-likeness (QED) is 0.805. The highest BCUT2D eigenvalue weighted by Crippen LogP contribution is 2.30. The Bertz CT molecular complexity index is 324. The number of nitrogens with two attached hydrogens (primary N) is 1. The maximum atomic E-state index is 6.08. The van der Waals surface area contributed by atoms with Crippen LogP contribution in [0.25, 0.3) is 0 Å². The molecule has 2 N–H and O–H groups in total. The van der Waals surface area contributed by atoms with Gasteiger partial charge in [-0.25, -0.2) is 4.98 Å². The molecule has 0 saturated carbocycles. The average Bonchev–Trinajstić information content (AvgIpc) is 2.42. The first-order valence-corrected chi connectivity index (χ1v) is 5.27. The van der Waals surface area contributed by atoms with Crippen molar-refractivity contribution in [1.29, 1.82) is 0 Å². The molecule has 0 fully saturated rings. The van der Waals surface area contributed by atoms with E-state index in [1.54, 1.807) is 0 Å². The van der Waals surface area contributed by atoms with E-state index in [0.717, 1.165) is 30.3 Å². The second kappa shape index (κ2) is 3.64. The van der Waals surface area contributed by atoms with Crippen molar-refractivity contribution in [3.8, 4) is 0 Å². The van der Waals surface area contributed by atoms with Gasteiger partial charge in [0, 0.05) is 12.0 Å². The van der Waals surface area contributed by atoms with Crippen LogP contribution < -0.4 is 5.73 Å². The lowest BCUT2D eigenvalue weighted by molar-refractivity contribution is 0.494. The molecule has 0 unspecified atom stereocenters. The summed E-state index contributed by atoms with van der Waals surface area (Å²) in [5.74, 6) is 1.85. The van der Waals surface area contributed by atoms with Crippen LogP contribution in [0.2, 0.25) is 0 Å². The number of aromatic nitrogens is 2. The molecule has 0 spiro atoms. The molecule has 3 heteroatoms. The van der Waals surface area contributed by atoms with E-state index >= 15 is 0 Å². The number of hydrogen-bond acceptors (Lipinski definition) is 2. The van der Waals surface area contributed by atoms with Crippen molar-refractivity contribution in [2.24, 2.45) is 0 Å². The summed E-state index contributed by atoms with van der Waals surface area (Å²) < 4.78 is 2.06. The van der Waals surface area contributed by atoms with Crippen LogP contribution in [0.4, 0.5) is 5.82 Å². The van der Waals surface area contributed by atoms with Crippen LogP contribution in [0, 0.1) is 6.92 Å². The molecule has 3 nitrogen and oxygen atoms in total. The zero-order valence-electron chi connectivity index (χ0n) is 9.89. The van der Waals surface area contributed by atoms with Gasteiger partial charge in [0.2, 0.25) is 0 Å². The molecule has 0 aliphatic rings. The van der Waals surface area contributed by atoms with E-state index in [1.165, 1.54) is 0 Å². The van der Waals surface area contributed by atoms with Crippen molar-refractivity contribution in [2.45, 2.75) is 53.0 Å². The third kappa shape index (κ3) is 1.63. The van der Waals surface area contributed by atoms with Gasteiger partial charge in [0.05, 0.1) is 5.69 Å². The minimum atomic E-state index is 0.0786. The van der Waals surface area contributed by atoms with Gasteiger partial charge in [-0.05, 0) is 20.3 Å². The number of imidazole rings is 1. The zero-order chi connectivity index (χ0) is 10.9. The zero-order valence-corrected chi connectivity index (χ0v) is 9.89. The van der Waals surface area contributed by atoms with Crippen molar-refractivity contribution >= 4 is 5.82 Å². The molecular weight excluding hydrogens is 174 g/mol. The predicted molar refractivity (Wildman–Crippen MR) is 60.4 cm³/mol. The van der Waals surface area contributed by atoms with Crippen LogP contribution in [0.3, 0.4) is 0 Å². The van der Waals surface area contributed by atoms with Gasteiger partial charge in [-0.3, -0.25) is 0 Å². The van der Waals surface area contributed by atoms with Crippen molar-refractivity contribution in [3.05, 3.63) is 11.5 Å². The summed E-state index contributed by atoms with van der Waals surface area (Å²) >= 11 is 0. The number of aryl methyl sites for hydroxylation is 1. The first kappa shape index (κ1) is 11.1. The molecule has 1 rings (SSSR count). The van der Waals surface area contributed by atoms with Gasteiger partial charge >= 0.3 is 0 Å². The van der Waals surface area contributed by atoms with E-state index in [2.05, 4.69) is 37.2 Å². The molecule has 0 radical (unpaired) electrons. The Kier molecular flexibility index (Phi) is 2.88.